The summed E-state index contributed by atoms with van der Waals surface area (Å²) in [5.74, 6) is -0.728. The summed E-state index contributed by atoms with van der Waals surface area (Å²) in [5.41, 5.74) is 2.97. The average molecular weight is 672 g/mol. The minimum atomic E-state index is -0.585. The highest BCUT2D eigenvalue weighted by Crippen LogP contribution is 2.37. The molecule has 0 amide bonds. The molecule has 0 saturated carbocycles. The topological polar surface area (TPSA) is 51.8 Å². The summed E-state index contributed by atoms with van der Waals surface area (Å²) in [6.45, 7) is 0. The molecule has 0 atom stereocenters. The first-order chi connectivity index (χ1) is 30.6. The smallest absolute Gasteiger partial charge is 0.164 e. The van der Waals surface area contributed by atoms with Crippen LogP contribution < -0.4 is 0 Å². The van der Waals surface area contributed by atoms with E-state index in [1.807, 2.05) is 60.7 Å². The molecule has 0 spiro atoms. The standard InChI is InChI=1S/C45H27N3OS/c1-2-9-28(10-3-1)31-11-8-12-32(25-31)29-17-19-30(20-18-29)43-46-44(33-22-24-42-38(26-33)37-14-5-7-16-41(37)50-42)48-45(47-43)34-21-23-36-35-13-4-6-15-39(35)49-40(36)27-34/h1-27H/i4D,5D,6D,7D,13D,14D,15D,16D,21D,22D,23D,24D,26D,27D. The lowest BCUT2D eigenvalue weighted by molar-refractivity contribution is 0.669. The quantitative estimate of drug-likeness (QED) is 0.183. The van der Waals surface area contributed by atoms with Crippen molar-refractivity contribution in [2.45, 2.75) is 0 Å². The van der Waals surface area contributed by atoms with Crippen LogP contribution in [0.15, 0.2) is 168 Å². The molecular weight excluding hydrogens is 631 g/mol. The summed E-state index contributed by atoms with van der Waals surface area (Å²) in [4.78, 5) is 14.0. The van der Waals surface area contributed by atoms with Crippen molar-refractivity contribution in [3.63, 3.8) is 0 Å². The van der Waals surface area contributed by atoms with E-state index in [0.29, 0.717) is 5.56 Å². The Hall–Kier alpha value is -6.43. The van der Waals surface area contributed by atoms with Crippen LogP contribution in [0.4, 0.5) is 0 Å². The number of rotatable bonds is 5. The largest absolute Gasteiger partial charge is 0.456 e. The number of nitrogens with zero attached hydrogens (tertiary/aromatic N) is 3. The minimum Gasteiger partial charge on any atom is -0.456 e. The Bertz CT molecular complexity index is 3670. The van der Waals surface area contributed by atoms with Crippen molar-refractivity contribution in [2.75, 3.05) is 0 Å². The van der Waals surface area contributed by atoms with Gasteiger partial charge in [-0.25, -0.2) is 15.0 Å². The predicted octanol–water partition coefficient (Wildman–Crippen LogP) is 12.5. The van der Waals surface area contributed by atoms with E-state index < -0.39 is 72.5 Å². The number of para-hydroxylation sites is 1. The molecule has 0 saturated heterocycles. The van der Waals surface area contributed by atoms with Crippen LogP contribution in [0.5, 0.6) is 0 Å². The molecule has 0 aliphatic heterocycles. The Labute approximate surface area is 311 Å². The van der Waals surface area contributed by atoms with Crippen LogP contribution in [0, 0.1) is 0 Å². The van der Waals surface area contributed by atoms with Crippen LogP contribution in [0.2, 0.25) is 0 Å². The van der Waals surface area contributed by atoms with E-state index in [9.17, 15) is 5.48 Å². The fourth-order valence-corrected chi connectivity index (χ4v) is 6.79. The first kappa shape index (κ1) is 17.8. The zero-order valence-corrected chi connectivity index (χ0v) is 26.5. The van der Waals surface area contributed by atoms with Crippen LogP contribution in [0.25, 0.3) is 98.5 Å². The molecule has 3 heterocycles. The molecule has 0 N–H and O–H groups in total. The summed E-state index contributed by atoms with van der Waals surface area (Å²) in [5, 5.41) is -0.353. The lowest BCUT2D eigenvalue weighted by Crippen LogP contribution is -2.00. The second-order valence-corrected chi connectivity index (χ2v) is 12.4. The Morgan fingerprint density at radius 3 is 1.80 bits per heavy atom. The monoisotopic (exact) mass is 671 g/mol. The first-order valence-electron chi connectivity index (χ1n) is 22.5. The van der Waals surface area contributed by atoms with Gasteiger partial charge < -0.3 is 4.42 Å². The lowest BCUT2D eigenvalue weighted by Gasteiger charge is -2.10. The second kappa shape index (κ2) is 11.6. The Morgan fingerprint density at radius 1 is 0.420 bits per heavy atom. The maximum absolute atomic E-state index is 9.49. The third kappa shape index (κ3) is 4.95. The van der Waals surface area contributed by atoms with Crippen molar-refractivity contribution in [3.8, 4) is 56.4 Å². The van der Waals surface area contributed by atoms with Crippen LogP contribution in [-0.2, 0) is 0 Å². The molecule has 4 nitrogen and oxygen atoms in total. The molecule has 0 aliphatic rings. The van der Waals surface area contributed by atoms with Gasteiger partial charge in [-0.2, -0.15) is 0 Å². The van der Waals surface area contributed by atoms with Crippen molar-refractivity contribution in [2.24, 2.45) is 0 Å². The molecule has 0 fully saturated rings. The van der Waals surface area contributed by atoms with Gasteiger partial charge in [0.05, 0.1) is 19.2 Å². The van der Waals surface area contributed by atoms with E-state index in [1.54, 1.807) is 12.1 Å². The minimum absolute atomic E-state index is 0.00236. The fraction of sp³-hybridized carbons (Fsp3) is 0. The van der Waals surface area contributed by atoms with Gasteiger partial charge in [-0.15, -0.1) is 11.3 Å². The zero-order chi connectivity index (χ0) is 45.2. The van der Waals surface area contributed by atoms with Crippen LogP contribution in [-0.4, -0.2) is 15.0 Å². The van der Waals surface area contributed by atoms with Gasteiger partial charge in [-0.3, -0.25) is 0 Å². The molecule has 50 heavy (non-hydrogen) atoms. The molecule has 0 bridgehead atoms. The zero-order valence-electron chi connectivity index (χ0n) is 39.7. The van der Waals surface area contributed by atoms with Crippen molar-refractivity contribution < 1.29 is 23.6 Å². The fourth-order valence-electron chi connectivity index (χ4n) is 5.87. The molecule has 10 aromatic rings. The van der Waals surface area contributed by atoms with Crippen molar-refractivity contribution in [1.82, 2.24) is 15.0 Å². The van der Waals surface area contributed by atoms with E-state index in [0.717, 1.165) is 33.6 Å². The molecule has 10 rings (SSSR count). The van der Waals surface area contributed by atoms with Gasteiger partial charge in [-0.1, -0.05) is 115 Å². The number of aromatic nitrogens is 3. The summed E-state index contributed by atoms with van der Waals surface area (Å²) in [6.07, 6.45) is 0. The molecule has 0 aliphatic carbocycles. The SMILES string of the molecule is [2H]c1c([2H])c([2H])c2c(oc3c([2H])c(-c4nc(-c5ccc(-c6cccc(-c7ccccc7)c6)cc5)nc(-c5c([2H])c([2H])c6sc7c([2H])c([2H])c([2H])c([2H])c7c6c5[2H])n4)c([2H])c([2H])c32)c1[2H]. The Kier molecular flexibility index (Phi) is 4.14. The molecule has 5 heteroatoms. The highest BCUT2D eigenvalue weighted by Gasteiger charge is 2.16. The van der Waals surface area contributed by atoms with E-state index in [-0.39, 0.29) is 82.8 Å². The Balaban J connectivity index is 1.23. The number of benzene rings is 7. The van der Waals surface area contributed by atoms with Crippen LogP contribution >= 0.6 is 11.3 Å². The highest BCUT2D eigenvalue weighted by atomic mass is 32.1. The number of fused-ring (bicyclic) bond motifs is 6. The molecule has 0 radical (unpaired) electrons. The average Bonchev–Trinajstić information content (AvgIpc) is 3.92. The van der Waals surface area contributed by atoms with Crippen LogP contribution in [0.3, 0.4) is 0 Å². The van der Waals surface area contributed by atoms with Gasteiger partial charge >= 0.3 is 0 Å². The number of hydrogen-bond donors (Lipinski definition) is 0. The van der Waals surface area contributed by atoms with E-state index >= 15 is 0 Å². The Morgan fingerprint density at radius 2 is 1.00 bits per heavy atom. The third-order valence-corrected chi connectivity index (χ3v) is 9.32. The maximum atomic E-state index is 9.49. The van der Waals surface area contributed by atoms with Crippen molar-refractivity contribution in [1.29, 1.82) is 0 Å². The molecule has 234 valence electrons. The van der Waals surface area contributed by atoms with E-state index in [1.165, 1.54) is 0 Å². The second-order valence-electron chi connectivity index (χ2n) is 11.4. The van der Waals surface area contributed by atoms with Gasteiger partial charge in [0.25, 0.3) is 0 Å². The molecule has 0 unspecified atom stereocenters. The van der Waals surface area contributed by atoms with Gasteiger partial charge in [0.2, 0.25) is 0 Å². The summed E-state index contributed by atoms with van der Waals surface area (Å²) in [7, 11) is 0. The van der Waals surface area contributed by atoms with Gasteiger partial charge in [0, 0.05) is 47.6 Å². The number of hydrogen-bond acceptors (Lipinski definition) is 5. The van der Waals surface area contributed by atoms with E-state index in [2.05, 4.69) is 16.0 Å². The van der Waals surface area contributed by atoms with Crippen LogP contribution in [0.1, 0.15) is 19.2 Å². The predicted molar refractivity (Wildman–Crippen MR) is 207 cm³/mol. The van der Waals surface area contributed by atoms with Crippen molar-refractivity contribution >= 4 is 53.4 Å². The maximum Gasteiger partial charge on any atom is 0.164 e. The number of thiophene rings is 1. The van der Waals surface area contributed by atoms with E-state index in [4.69, 9.17) is 23.1 Å². The normalized spacial score (nSPS) is 15.5. The molecule has 3 aromatic heterocycles. The van der Waals surface area contributed by atoms with Gasteiger partial charge in [-0.05, 0) is 70.6 Å². The summed E-state index contributed by atoms with van der Waals surface area (Å²) >= 11 is 0.873. The summed E-state index contributed by atoms with van der Waals surface area (Å²) < 4.78 is 129. The lowest BCUT2D eigenvalue weighted by atomic mass is 9.98. The number of furan rings is 1. The molecule has 7 aromatic carbocycles. The van der Waals surface area contributed by atoms with Crippen molar-refractivity contribution in [3.05, 3.63) is 163 Å². The third-order valence-electron chi connectivity index (χ3n) is 8.30. The van der Waals surface area contributed by atoms with Gasteiger partial charge in [0.15, 0.2) is 17.5 Å². The summed E-state index contributed by atoms with van der Waals surface area (Å²) in [6, 6.07) is 18.1. The molecular formula is C45H27N3OS. The van der Waals surface area contributed by atoms with Gasteiger partial charge in [0.1, 0.15) is 11.2 Å². The first-order valence-corrected chi connectivity index (χ1v) is 16.3. The highest BCUT2D eigenvalue weighted by molar-refractivity contribution is 7.25.